The maximum atomic E-state index is 8.76. The number of fused-ring (bicyclic) bond motifs is 3. The molecular formula is C22H24Cl2OSiZr. The van der Waals surface area contributed by atoms with Gasteiger partial charge in [0.05, 0.1) is 0 Å². The normalized spacial score (nSPS) is 12.9. The molecule has 2 aromatic carbocycles. The van der Waals surface area contributed by atoms with E-state index in [4.69, 9.17) is 5.11 Å². The Morgan fingerprint density at radius 2 is 1.74 bits per heavy atom. The van der Waals surface area contributed by atoms with Gasteiger partial charge in [-0.3, -0.25) is 6.08 Å². The van der Waals surface area contributed by atoms with Crippen LogP contribution in [-0.2, 0) is 32.6 Å². The second-order valence-electron chi connectivity index (χ2n) is 6.55. The van der Waals surface area contributed by atoms with Crippen LogP contribution in [0.3, 0.4) is 0 Å². The molecule has 5 heteroatoms. The molecule has 0 aromatic heterocycles. The molecule has 2 aliphatic carbocycles. The van der Waals surface area contributed by atoms with Crippen molar-refractivity contribution in [3.63, 3.8) is 0 Å². The first-order valence-corrected chi connectivity index (χ1v) is 11.6. The van der Waals surface area contributed by atoms with Crippen LogP contribution in [0.2, 0.25) is 13.1 Å². The van der Waals surface area contributed by atoms with Crippen molar-refractivity contribution in [3.8, 4) is 11.1 Å². The van der Waals surface area contributed by atoms with Crippen LogP contribution in [0.1, 0.15) is 24.0 Å². The van der Waals surface area contributed by atoms with E-state index in [2.05, 4.69) is 67.7 Å². The fourth-order valence-corrected chi connectivity index (χ4v) is 4.97. The standard InChI is InChI=1S/C13H9.C9H15OSi.2ClH.Zr/c1-3-7-12-10(5-1)9-11-6-2-4-8-13(11)12;1-11(2)9-5-3-4-8(9)6-7-10;;;/h1-5,7-8H,9H2;4,10-11H,3,6-7H2,1-2H3;2*1H;/q2*-1;;;+4/p-2. The van der Waals surface area contributed by atoms with Crippen LogP contribution in [0.25, 0.3) is 11.1 Å². The summed E-state index contributed by atoms with van der Waals surface area (Å²) < 4.78 is 0. The van der Waals surface area contributed by atoms with Crippen LogP contribution in [-0.4, -0.2) is 20.5 Å². The van der Waals surface area contributed by atoms with Crippen molar-refractivity contribution >= 4 is 8.80 Å². The van der Waals surface area contributed by atoms with Gasteiger partial charge < -0.3 is 29.9 Å². The molecule has 1 nitrogen and oxygen atoms in total. The summed E-state index contributed by atoms with van der Waals surface area (Å²) in [5.41, 5.74) is 6.87. The van der Waals surface area contributed by atoms with Gasteiger partial charge in [-0.2, -0.15) is 41.5 Å². The Balaban J connectivity index is 0.000000457. The average Bonchev–Trinajstić information content (AvgIpc) is 3.20. The number of benzene rings is 2. The molecule has 0 amide bonds. The molecule has 0 saturated heterocycles. The smallest absolute Gasteiger partial charge is 1.00 e. The largest absolute Gasteiger partial charge is 4.00 e. The van der Waals surface area contributed by atoms with E-state index in [9.17, 15) is 0 Å². The van der Waals surface area contributed by atoms with Gasteiger partial charge in [-0.25, -0.2) is 5.20 Å². The van der Waals surface area contributed by atoms with Gasteiger partial charge in [0.15, 0.2) is 0 Å². The van der Waals surface area contributed by atoms with Crippen molar-refractivity contribution in [1.29, 1.82) is 0 Å². The number of hydrogen-bond acceptors (Lipinski definition) is 1. The third-order valence-electron chi connectivity index (χ3n) is 4.56. The third kappa shape index (κ3) is 6.54. The minimum atomic E-state index is -0.686. The molecule has 0 aliphatic heterocycles. The Labute approximate surface area is 196 Å². The quantitative estimate of drug-likeness (QED) is 0.348. The molecule has 0 saturated carbocycles. The van der Waals surface area contributed by atoms with Crippen LogP contribution in [0.4, 0.5) is 0 Å². The maximum absolute atomic E-state index is 8.76. The molecule has 27 heavy (non-hydrogen) atoms. The fraction of sp³-hybridized carbons (Fsp3) is 0.273. The summed E-state index contributed by atoms with van der Waals surface area (Å²) in [5, 5.41) is 10.2. The van der Waals surface area contributed by atoms with E-state index in [0.29, 0.717) is 0 Å². The van der Waals surface area contributed by atoms with Crippen molar-refractivity contribution in [2.45, 2.75) is 32.4 Å². The molecule has 0 spiro atoms. The molecule has 0 heterocycles. The minimum Gasteiger partial charge on any atom is -1.00 e. The van der Waals surface area contributed by atoms with Crippen LogP contribution in [0.15, 0.2) is 59.3 Å². The first-order chi connectivity index (χ1) is 11.7. The summed E-state index contributed by atoms with van der Waals surface area (Å²) in [6.45, 7) is 4.88. The Hall–Kier alpha value is -0.440. The Morgan fingerprint density at radius 1 is 1.04 bits per heavy atom. The van der Waals surface area contributed by atoms with Gasteiger partial charge in [-0.1, -0.05) is 54.9 Å². The molecule has 0 radical (unpaired) electrons. The molecule has 0 atom stereocenters. The molecule has 140 valence electrons. The fourth-order valence-electron chi connectivity index (χ4n) is 3.44. The molecule has 2 aliphatic rings. The first-order valence-electron chi connectivity index (χ1n) is 8.69. The van der Waals surface area contributed by atoms with Gasteiger partial charge in [-0.05, 0) is 6.42 Å². The Kier molecular flexibility index (Phi) is 12.7. The number of aliphatic hydroxyl groups excluding tert-OH is 1. The second-order valence-corrected chi connectivity index (χ2v) is 9.44. The van der Waals surface area contributed by atoms with Crippen molar-refractivity contribution in [2.75, 3.05) is 6.61 Å². The van der Waals surface area contributed by atoms with Gasteiger partial charge in [0.1, 0.15) is 0 Å². The molecule has 0 bridgehead atoms. The van der Waals surface area contributed by atoms with E-state index < -0.39 is 8.80 Å². The first kappa shape index (κ1) is 26.6. The van der Waals surface area contributed by atoms with Gasteiger partial charge in [0.2, 0.25) is 0 Å². The summed E-state index contributed by atoms with van der Waals surface area (Å²) in [6.07, 6.45) is 8.40. The molecule has 0 unspecified atom stereocenters. The van der Waals surface area contributed by atoms with E-state index in [-0.39, 0.29) is 57.6 Å². The second kappa shape index (κ2) is 12.9. The van der Waals surface area contributed by atoms with Gasteiger partial charge >= 0.3 is 26.2 Å². The van der Waals surface area contributed by atoms with Crippen molar-refractivity contribution in [3.05, 3.63) is 82.6 Å². The number of allylic oxidation sites excluding steroid dienone is 3. The SMILES string of the molecule is C[SiH](C)C1=[C-]CC=C1CCO.[Cl-].[Cl-].[Zr+4].[c-]1cccc2c1Cc1ccccc1-2. The topological polar surface area (TPSA) is 20.2 Å². The Morgan fingerprint density at radius 3 is 2.44 bits per heavy atom. The number of hydrogen-bond donors (Lipinski definition) is 1. The maximum Gasteiger partial charge on any atom is 4.00 e. The van der Waals surface area contributed by atoms with E-state index in [1.807, 2.05) is 6.07 Å². The van der Waals surface area contributed by atoms with E-state index in [1.165, 1.54) is 33.0 Å². The summed E-state index contributed by atoms with van der Waals surface area (Å²) in [7, 11) is -0.686. The average molecular weight is 495 g/mol. The molecular weight excluding hydrogens is 470 g/mol. The zero-order valence-corrected chi connectivity index (χ0v) is 20.9. The van der Waals surface area contributed by atoms with Crippen molar-refractivity contribution < 1.29 is 56.1 Å². The van der Waals surface area contributed by atoms with E-state index in [1.54, 1.807) is 0 Å². The summed E-state index contributed by atoms with van der Waals surface area (Å²) >= 11 is 0. The molecule has 0 fully saturated rings. The summed E-state index contributed by atoms with van der Waals surface area (Å²) in [5.74, 6) is 0. The van der Waals surface area contributed by atoms with E-state index in [0.717, 1.165) is 19.3 Å². The van der Waals surface area contributed by atoms with Crippen LogP contribution in [0.5, 0.6) is 0 Å². The van der Waals surface area contributed by atoms with Crippen molar-refractivity contribution in [2.24, 2.45) is 0 Å². The molecule has 4 rings (SSSR count). The van der Waals surface area contributed by atoms with E-state index >= 15 is 0 Å². The summed E-state index contributed by atoms with van der Waals surface area (Å²) in [6, 6.07) is 18.1. The van der Waals surface area contributed by atoms with Gasteiger partial charge in [0.25, 0.3) is 0 Å². The van der Waals surface area contributed by atoms with Gasteiger partial charge in [-0.15, -0.1) is 12.0 Å². The van der Waals surface area contributed by atoms with Gasteiger partial charge in [0, 0.05) is 15.4 Å². The van der Waals surface area contributed by atoms with Crippen LogP contribution >= 0.6 is 0 Å². The number of aliphatic hydroxyl groups is 1. The third-order valence-corrected chi connectivity index (χ3v) is 6.29. The summed E-state index contributed by atoms with van der Waals surface area (Å²) in [4.78, 5) is 0. The predicted octanol–water partition coefficient (Wildman–Crippen LogP) is -1.48. The monoisotopic (exact) mass is 492 g/mol. The predicted molar refractivity (Wildman–Crippen MR) is 104 cm³/mol. The van der Waals surface area contributed by atoms with Crippen molar-refractivity contribution in [1.82, 2.24) is 0 Å². The number of halogens is 2. The Bertz CT molecular complexity index is 744. The zero-order valence-electron chi connectivity index (χ0n) is 15.7. The molecule has 1 N–H and O–H groups in total. The zero-order chi connectivity index (χ0) is 16.9. The minimum absolute atomic E-state index is 0. The molecule has 2 aromatic rings. The van der Waals surface area contributed by atoms with Crippen LogP contribution < -0.4 is 24.8 Å². The number of rotatable bonds is 3. The van der Waals surface area contributed by atoms with Crippen LogP contribution in [0, 0.1) is 12.1 Å².